The fraction of sp³-hybridized carbons (Fsp3) is 0.636. The van der Waals surface area contributed by atoms with E-state index in [1.165, 1.54) is 0 Å². The maximum atomic E-state index is 12.1. The van der Waals surface area contributed by atoms with Crippen LogP contribution in [0, 0.1) is 0 Å². The molecular formula is C11H17N5O. The molecule has 92 valence electrons. The third-order valence-electron chi connectivity index (χ3n) is 3.43. The number of amides is 2. The summed E-state index contributed by atoms with van der Waals surface area (Å²) in [6.45, 7) is 4.13. The Bertz CT molecular complexity index is 429. The van der Waals surface area contributed by atoms with Crippen LogP contribution in [0.4, 0.5) is 4.79 Å². The summed E-state index contributed by atoms with van der Waals surface area (Å²) in [5.74, 6) is 0. The number of rotatable bonds is 2. The number of aryl methyl sites for hydroxylation is 1. The largest absolute Gasteiger partial charge is 0.320 e. The van der Waals surface area contributed by atoms with Crippen molar-refractivity contribution in [1.82, 2.24) is 24.9 Å². The van der Waals surface area contributed by atoms with Crippen molar-refractivity contribution < 1.29 is 4.79 Å². The second-order valence-corrected chi connectivity index (χ2v) is 4.74. The number of nitrogens with zero attached hydrogens (tertiary/aromatic N) is 4. The zero-order chi connectivity index (χ0) is 11.8. The monoisotopic (exact) mass is 235 g/mol. The molecule has 3 heterocycles. The molecule has 17 heavy (non-hydrogen) atoms. The summed E-state index contributed by atoms with van der Waals surface area (Å²) in [5, 5.41) is 7.46. The fourth-order valence-corrected chi connectivity index (χ4v) is 2.60. The van der Waals surface area contributed by atoms with E-state index in [-0.39, 0.29) is 6.03 Å². The predicted molar refractivity (Wildman–Crippen MR) is 62.4 cm³/mol. The van der Waals surface area contributed by atoms with Crippen LogP contribution in [0.15, 0.2) is 12.4 Å². The van der Waals surface area contributed by atoms with E-state index in [1.54, 1.807) is 4.68 Å². The molecule has 1 N–H and O–H groups in total. The number of hydrogen-bond donors (Lipinski definition) is 1. The van der Waals surface area contributed by atoms with Gasteiger partial charge in [0.15, 0.2) is 0 Å². The number of nitrogens with one attached hydrogen (secondary N) is 1. The van der Waals surface area contributed by atoms with Gasteiger partial charge in [0.05, 0.1) is 18.8 Å². The molecule has 6 nitrogen and oxygen atoms in total. The van der Waals surface area contributed by atoms with Crippen molar-refractivity contribution in [1.29, 1.82) is 0 Å². The lowest BCUT2D eigenvalue weighted by molar-refractivity contribution is 0.178. The first-order valence-corrected chi connectivity index (χ1v) is 5.98. The average Bonchev–Trinajstić information content (AvgIpc) is 2.86. The van der Waals surface area contributed by atoms with Crippen molar-refractivity contribution in [2.24, 2.45) is 7.05 Å². The van der Waals surface area contributed by atoms with Crippen LogP contribution in [0.2, 0.25) is 0 Å². The molecule has 0 aliphatic carbocycles. The van der Waals surface area contributed by atoms with E-state index in [4.69, 9.17) is 0 Å². The van der Waals surface area contributed by atoms with Gasteiger partial charge >= 0.3 is 6.03 Å². The second kappa shape index (κ2) is 4.03. The number of carbonyl (C=O) groups is 1. The smallest absolute Gasteiger partial charge is 0.318 e. The Balaban J connectivity index is 1.70. The minimum Gasteiger partial charge on any atom is -0.318 e. The average molecular weight is 235 g/mol. The van der Waals surface area contributed by atoms with Gasteiger partial charge in [-0.2, -0.15) is 5.10 Å². The SMILES string of the molecule is Cn1cc(CN2CC3CNCCN3C2=O)cn1. The molecule has 3 rings (SSSR count). The quantitative estimate of drug-likeness (QED) is 0.761. The first-order chi connectivity index (χ1) is 8.24. The molecule has 0 spiro atoms. The van der Waals surface area contributed by atoms with Crippen LogP contribution in [0.1, 0.15) is 5.56 Å². The lowest BCUT2D eigenvalue weighted by Crippen LogP contribution is -2.49. The van der Waals surface area contributed by atoms with Crippen molar-refractivity contribution in [3.63, 3.8) is 0 Å². The minimum absolute atomic E-state index is 0.167. The zero-order valence-corrected chi connectivity index (χ0v) is 9.96. The van der Waals surface area contributed by atoms with E-state index < -0.39 is 0 Å². The lowest BCUT2D eigenvalue weighted by Gasteiger charge is -2.28. The summed E-state index contributed by atoms with van der Waals surface area (Å²) in [5.41, 5.74) is 1.09. The second-order valence-electron chi connectivity index (χ2n) is 4.74. The first-order valence-electron chi connectivity index (χ1n) is 5.98. The van der Waals surface area contributed by atoms with Gasteiger partial charge < -0.3 is 15.1 Å². The molecule has 1 unspecified atom stereocenters. The summed E-state index contributed by atoms with van der Waals surface area (Å²) in [4.78, 5) is 16.0. The number of aromatic nitrogens is 2. The fourth-order valence-electron chi connectivity index (χ4n) is 2.60. The van der Waals surface area contributed by atoms with Gasteiger partial charge in [0.25, 0.3) is 0 Å². The van der Waals surface area contributed by atoms with Crippen molar-refractivity contribution in [3.05, 3.63) is 18.0 Å². The molecule has 0 bridgehead atoms. The molecule has 1 aromatic heterocycles. The van der Waals surface area contributed by atoms with Crippen LogP contribution in [0.25, 0.3) is 0 Å². The van der Waals surface area contributed by atoms with Gasteiger partial charge in [-0.25, -0.2) is 4.79 Å². The first kappa shape index (κ1) is 10.6. The number of carbonyl (C=O) groups excluding carboxylic acids is 1. The number of hydrogen-bond acceptors (Lipinski definition) is 3. The Labute approximate surface area is 100 Å². The molecule has 0 radical (unpaired) electrons. The van der Waals surface area contributed by atoms with E-state index in [1.807, 2.05) is 29.2 Å². The summed E-state index contributed by atoms with van der Waals surface area (Å²) in [6.07, 6.45) is 3.78. The summed E-state index contributed by atoms with van der Waals surface area (Å²) in [6, 6.07) is 0.508. The van der Waals surface area contributed by atoms with Crippen LogP contribution in [0.3, 0.4) is 0 Å². The molecule has 6 heteroatoms. The Kier molecular flexibility index (Phi) is 2.51. The van der Waals surface area contributed by atoms with Crippen LogP contribution in [-0.2, 0) is 13.6 Å². The van der Waals surface area contributed by atoms with Crippen molar-refractivity contribution in [2.45, 2.75) is 12.6 Å². The maximum Gasteiger partial charge on any atom is 0.320 e. The molecule has 1 atom stereocenters. The lowest BCUT2D eigenvalue weighted by atomic mass is 10.2. The van der Waals surface area contributed by atoms with Gasteiger partial charge in [-0.05, 0) is 0 Å². The molecule has 0 aromatic carbocycles. The highest BCUT2D eigenvalue weighted by molar-refractivity contribution is 5.77. The van der Waals surface area contributed by atoms with Gasteiger partial charge in [-0.1, -0.05) is 0 Å². The maximum absolute atomic E-state index is 12.1. The van der Waals surface area contributed by atoms with Gasteiger partial charge in [-0.15, -0.1) is 0 Å². The minimum atomic E-state index is 0.167. The number of piperazine rings is 1. The Morgan fingerprint density at radius 2 is 2.47 bits per heavy atom. The summed E-state index contributed by atoms with van der Waals surface area (Å²) >= 11 is 0. The molecule has 0 saturated carbocycles. The molecular weight excluding hydrogens is 218 g/mol. The Morgan fingerprint density at radius 1 is 1.59 bits per heavy atom. The van der Waals surface area contributed by atoms with Crippen molar-refractivity contribution in [2.75, 3.05) is 26.2 Å². The van der Waals surface area contributed by atoms with Crippen LogP contribution < -0.4 is 5.32 Å². The molecule has 2 fully saturated rings. The summed E-state index contributed by atoms with van der Waals surface area (Å²) < 4.78 is 1.77. The van der Waals surface area contributed by atoms with Gasteiger partial charge in [-0.3, -0.25) is 4.68 Å². The van der Waals surface area contributed by atoms with E-state index >= 15 is 0 Å². The van der Waals surface area contributed by atoms with E-state index in [9.17, 15) is 4.79 Å². The van der Waals surface area contributed by atoms with E-state index in [2.05, 4.69) is 10.4 Å². The normalized spacial score (nSPS) is 24.3. The molecule has 1 aromatic rings. The van der Waals surface area contributed by atoms with Gasteiger partial charge in [0.1, 0.15) is 0 Å². The topological polar surface area (TPSA) is 53.4 Å². The van der Waals surface area contributed by atoms with Crippen molar-refractivity contribution >= 4 is 6.03 Å². The van der Waals surface area contributed by atoms with Crippen LogP contribution in [-0.4, -0.2) is 57.8 Å². The van der Waals surface area contributed by atoms with Crippen LogP contribution >= 0.6 is 0 Å². The van der Waals surface area contributed by atoms with Crippen molar-refractivity contribution in [3.8, 4) is 0 Å². The number of fused-ring (bicyclic) bond motifs is 1. The Morgan fingerprint density at radius 3 is 3.18 bits per heavy atom. The number of urea groups is 1. The third kappa shape index (κ3) is 1.88. The predicted octanol–water partition coefficient (Wildman–Crippen LogP) is -0.370. The Hall–Kier alpha value is -1.56. The molecule has 2 aliphatic rings. The van der Waals surface area contributed by atoms with E-state index in [0.717, 1.165) is 31.7 Å². The third-order valence-corrected chi connectivity index (χ3v) is 3.43. The summed E-state index contributed by atoms with van der Waals surface area (Å²) in [7, 11) is 1.89. The molecule has 2 aliphatic heterocycles. The zero-order valence-electron chi connectivity index (χ0n) is 9.96. The van der Waals surface area contributed by atoms with E-state index in [0.29, 0.717) is 12.6 Å². The highest BCUT2D eigenvalue weighted by atomic mass is 16.2. The standard InChI is InChI=1S/C11H17N5O/c1-14-6-9(4-13-14)7-15-8-10-5-12-2-3-16(10)11(15)17/h4,6,10,12H,2-3,5,7-8H2,1H3. The molecule has 2 saturated heterocycles. The highest BCUT2D eigenvalue weighted by Gasteiger charge is 2.38. The van der Waals surface area contributed by atoms with Gasteiger partial charge in [0.2, 0.25) is 0 Å². The van der Waals surface area contributed by atoms with Crippen LogP contribution in [0.5, 0.6) is 0 Å². The molecule has 2 amide bonds. The highest BCUT2D eigenvalue weighted by Crippen LogP contribution is 2.19. The van der Waals surface area contributed by atoms with Gasteiger partial charge in [0, 0.05) is 45.0 Å².